The van der Waals surface area contributed by atoms with Gasteiger partial charge in [0.25, 0.3) is 5.56 Å². The van der Waals surface area contributed by atoms with Gasteiger partial charge in [0.05, 0.1) is 5.37 Å². The Morgan fingerprint density at radius 2 is 2.00 bits per heavy atom. The van der Waals surface area contributed by atoms with Crippen LogP contribution in [-0.4, -0.2) is 15.8 Å². The molecule has 0 N–H and O–H groups in total. The molecule has 0 saturated carbocycles. The minimum Gasteiger partial charge on any atom is -0.324 e. The molecule has 15 heavy (non-hydrogen) atoms. The summed E-state index contributed by atoms with van der Waals surface area (Å²) in [5, 5.41) is 0.314. The van der Waals surface area contributed by atoms with E-state index >= 15 is 0 Å². The summed E-state index contributed by atoms with van der Waals surface area (Å²) in [6.07, 6.45) is 3.97. The minimum absolute atomic E-state index is 0.108. The van der Waals surface area contributed by atoms with Gasteiger partial charge in [-0.15, -0.1) is 11.8 Å². The van der Waals surface area contributed by atoms with Crippen LogP contribution in [0.1, 0.15) is 43.5 Å². The first-order valence-electron chi connectivity index (χ1n) is 5.09. The average molecular weight is 226 g/mol. The van der Waals surface area contributed by atoms with E-state index in [0.717, 1.165) is 5.82 Å². The molecular formula is C11H18N2OS. The van der Waals surface area contributed by atoms with Crippen molar-refractivity contribution >= 4 is 11.8 Å². The number of hydrogen-bond acceptors (Lipinski definition) is 3. The molecule has 0 aromatic carbocycles. The van der Waals surface area contributed by atoms with E-state index in [4.69, 9.17) is 0 Å². The molecule has 4 heteroatoms. The fourth-order valence-electron chi connectivity index (χ4n) is 1.41. The lowest BCUT2D eigenvalue weighted by atomic mass is 10.2. The lowest BCUT2D eigenvalue weighted by Crippen LogP contribution is -2.21. The molecule has 1 atom stereocenters. The zero-order valence-corrected chi connectivity index (χ0v) is 10.8. The van der Waals surface area contributed by atoms with E-state index in [-0.39, 0.29) is 11.5 Å². The maximum absolute atomic E-state index is 11.5. The highest BCUT2D eigenvalue weighted by molar-refractivity contribution is 7.98. The molecule has 0 bridgehead atoms. The number of aryl methyl sites for hydroxylation is 1. The Labute approximate surface area is 94.9 Å². The molecule has 0 spiro atoms. The first-order valence-corrected chi connectivity index (χ1v) is 6.38. The molecule has 1 heterocycles. The molecule has 0 radical (unpaired) electrons. The molecule has 1 rings (SSSR count). The third-order valence-electron chi connectivity index (χ3n) is 2.40. The second kappa shape index (κ2) is 4.84. The molecule has 84 valence electrons. The number of hydrogen-bond donors (Lipinski definition) is 0. The van der Waals surface area contributed by atoms with Crippen LogP contribution in [0.15, 0.2) is 11.0 Å². The molecule has 0 saturated heterocycles. The molecular weight excluding hydrogens is 208 g/mol. The molecule has 0 aliphatic heterocycles. The number of rotatable bonds is 3. The zero-order chi connectivity index (χ0) is 11.6. The van der Waals surface area contributed by atoms with Crippen LogP contribution in [0.3, 0.4) is 0 Å². The SMILES string of the molecule is CSC(C)n1cc(C)c(=O)nc1C(C)C. The van der Waals surface area contributed by atoms with Crippen LogP contribution in [0.5, 0.6) is 0 Å². The Kier molecular flexibility index (Phi) is 3.97. The van der Waals surface area contributed by atoms with Gasteiger partial charge in [-0.2, -0.15) is 4.98 Å². The predicted octanol–water partition coefficient (Wildman–Crippen LogP) is 2.56. The maximum Gasteiger partial charge on any atom is 0.275 e. The normalized spacial score (nSPS) is 13.2. The van der Waals surface area contributed by atoms with Crippen molar-refractivity contribution in [2.45, 2.75) is 39.0 Å². The van der Waals surface area contributed by atoms with Gasteiger partial charge in [0.15, 0.2) is 0 Å². The summed E-state index contributed by atoms with van der Waals surface area (Å²) in [5.41, 5.74) is 0.601. The average Bonchev–Trinajstić information content (AvgIpc) is 2.20. The van der Waals surface area contributed by atoms with Crippen molar-refractivity contribution < 1.29 is 0 Å². The lowest BCUT2D eigenvalue weighted by Gasteiger charge is -2.20. The Hall–Kier alpha value is -0.770. The number of aromatic nitrogens is 2. The van der Waals surface area contributed by atoms with Gasteiger partial charge in [0, 0.05) is 17.7 Å². The van der Waals surface area contributed by atoms with Gasteiger partial charge in [-0.05, 0) is 20.1 Å². The lowest BCUT2D eigenvalue weighted by molar-refractivity contribution is 0.607. The van der Waals surface area contributed by atoms with E-state index < -0.39 is 0 Å². The quantitative estimate of drug-likeness (QED) is 0.794. The van der Waals surface area contributed by atoms with Gasteiger partial charge >= 0.3 is 0 Å². The fraction of sp³-hybridized carbons (Fsp3) is 0.636. The minimum atomic E-state index is -0.108. The Morgan fingerprint density at radius 3 is 2.47 bits per heavy atom. The van der Waals surface area contributed by atoms with Crippen LogP contribution in [0.4, 0.5) is 0 Å². The van der Waals surface area contributed by atoms with Gasteiger partial charge in [-0.1, -0.05) is 13.8 Å². The van der Waals surface area contributed by atoms with Gasteiger partial charge in [0.1, 0.15) is 5.82 Å². The summed E-state index contributed by atoms with van der Waals surface area (Å²) >= 11 is 1.74. The van der Waals surface area contributed by atoms with Crippen LogP contribution < -0.4 is 5.56 Å². The van der Waals surface area contributed by atoms with Crippen molar-refractivity contribution in [1.29, 1.82) is 0 Å². The van der Waals surface area contributed by atoms with E-state index in [2.05, 4.69) is 36.6 Å². The van der Waals surface area contributed by atoms with Gasteiger partial charge in [-0.25, -0.2) is 0 Å². The fourth-order valence-corrected chi connectivity index (χ4v) is 1.81. The van der Waals surface area contributed by atoms with Crippen molar-refractivity contribution in [2.75, 3.05) is 6.26 Å². The van der Waals surface area contributed by atoms with Crippen molar-refractivity contribution in [3.63, 3.8) is 0 Å². The van der Waals surface area contributed by atoms with Gasteiger partial charge in [-0.3, -0.25) is 4.79 Å². The summed E-state index contributed by atoms with van der Waals surface area (Å²) in [4.78, 5) is 15.6. The highest BCUT2D eigenvalue weighted by Crippen LogP contribution is 2.23. The standard InChI is InChI=1S/C11H18N2OS/c1-7(2)10-12-11(14)8(3)6-13(10)9(4)15-5/h6-7,9H,1-5H3. The van der Waals surface area contributed by atoms with E-state index in [9.17, 15) is 4.79 Å². The van der Waals surface area contributed by atoms with Crippen LogP contribution in [0, 0.1) is 6.92 Å². The van der Waals surface area contributed by atoms with E-state index in [1.807, 2.05) is 13.1 Å². The zero-order valence-electron chi connectivity index (χ0n) is 9.94. The molecule has 1 unspecified atom stereocenters. The van der Waals surface area contributed by atoms with Crippen molar-refractivity contribution in [3.05, 3.63) is 27.9 Å². The summed E-state index contributed by atoms with van der Waals surface area (Å²) in [6, 6.07) is 0. The molecule has 0 amide bonds. The van der Waals surface area contributed by atoms with Crippen molar-refractivity contribution in [1.82, 2.24) is 9.55 Å². The van der Waals surface area contributed by atoms with Crippen molar-refractivity contribution in [3.8, 4) is 0 Å². The summed E-state index contributed by atoms with van der Waals surface area (Å²) in [6.45, 7) is 8.03. The third-order valence-corrected chi connectivity index (χ3v) is 3.31. The van der Waals surface area contributed by atoms with Crippen LogP contribution in [0.25, 0.3) is 0 Å². The summed E-state index contributed by atoms with van der Waals surface area (Å²) < 4.78 is 2.09. The predicted molar refractivity (Wildman–Crippen MR) is 65.5 cm³/mol. The second-order valence-corrected chi connectivity index (χ2v) is 5.14. The number of thioether (sulfide) groups is 1. The number of nitrogens with zero attached hydrogens (tertiary/aromatic N) is 2. The highest BCUT2D eigenvalue weighted by atomic mass is 32.2. The Morgan fingerprint density at radius 1 is 1.40 bits per heavy atom. The molecule has 0 aliphatic rings. The maximum atomic E-state index is 11.5. The van der Waals surface area contributed by atoms with Crippen molar-refractivity contribution in [2.24, 2.45) is 0 Å². The van der Waals surface area contributed by atoms with Crippen LogP contribution in [-0.2, 0) is 0 Å². The third kappa shape index (κ3) is 2.62. The second-order valence-electron chi connectivity index (χ2n) is 3.98. The Bertz CT molecular complexity index is 398. The monoisotopic (exact) mass is 226 g/mol. The molecule has 1 aromatic heterocycles. The summed E-state index contributed by atoms with van der Waals surface area (Å²) in [7, 11) is 0. The van der Waals surface area contributed by atoms with Gasteiger partial charge < -0.3 is 4.57 Å². The smallest absolute Gasteiger partial charge is 0.275 e. The topological polar surface area (TPSA) is 34.9 Å². The highest BCUT2D eigenvalue weighted by Gasteiger charge is 2.13. The summed E-state index contributed by atoms with van der Waals surface area (Å²) in [5.74, 6) is 1.14. The van der Waals surface area contributed by atoms with E-state index in [0.29, 0.717) is 10.9 Å². The van der Waals surface area contributed by atoms with Crippen LogP contribution in [0.2, 0.25) is 0 Å². The first kappa shape index (κ1) is 12.3. The van der Waals surface area contributed by atoms with E-state index in [1.54, 1.807) is 11.8 Å². The first-order chi connectivity index (χ1) is 6.97. The van der Waals surface area contributed by atoms with Gasteiger partial charge in [0.2, 0.25) is 0 Å². The van der Waals surface area contributed by atoms with E-state index in [1.165, 1.54) is 0 Å². The molecule has 1 aromatic rings. The van der Waals surface area contributed by atoms with Crippen LogP contribution >= 0.6 is 11.8 Å². The largest absolute Gasteiger partial charge is 0.324 e. The molecule has 0 fully saturated rings. The molecule has 0 aliphatic carbocycles. The Balaban J connectivity index is 3.34. The molecule has 3 nitrogen and oxygen atoms in total.